The largest absolute Gasteiger partial charge is 0.466 e. The molecule has 2 N–H and O–H groups in total. The second-order valence-electron chi connectivity index (χ2n) is 3.53. The van der Waals surface area contributed by atoms with E-state index in [0.29, 0.717) is 13.2 Å². The van der Waals surface area contributed by atoms with E-state index in [9.17, 15) is 9.59 Å². The van der Waals surface area contributed by atoms with Gasteiger partial charge in [-0.25, -0.2) is 0 Å². The van der Waals surface area contributed by atoms with Gasteiger partial charge in [0.15, 0.2) is 0 Å². The maximum atomic E-state index is 11.2. The number of rotatable bonds is 8. The third-order valence-electron chi connectivity index (χ3n) is 1.88. The number of ether oxygens (including phenoxy) is 2. The lowest BCUT2D eigenvalue weighted by molar-refractivity contribution is -0.146. The zero-order chi connectivity index (χ0) is 12.4. The fourth-order valence-corrected chi connectivity index (χ4v) is 0.989. The predicted octanol–water partition coefficient (Wildman–Crippen LogP) is 1.00. The van der Waals surface area contributed by atoms with Crippen molar-refractivity contribution in [3.05, 3.63) is 0 Å². The molecular weight excluding hydrogens is 210 g/mol. The summed E-state index contributed by atoms with van der Waals surface area (Å²) in [7, 11) is 0. The molecule has 16 heavy (non-hydrogen) atoms. The van der Waals surface area contributed by atoms with Gasteiger partial charge in [0, 0.05) is 6.42 Å². The van der Waals surface area contributed by atoms with Gasteiger partial charge in [-0.3, -0.25) is 9.59 Å². The number of carbonyl (C=O) groups excluding carboxylic acids is 2. The Morgan fingerprint density at radius 2 is 1.69 bits per heavy atom. The van der Waals surface area contributed by atoms with Crippen LogP contribution in [0.5, 0.6) is 0 Å². The summed E-state index contributed by atoms with van der Waals surface area (Å²) < 4.78 is 9.71. The summed E-state index contributed by atoms with van der Waals surface area (Å²) in [6.45, 7) is 4.60. The van der Waals surface area contributed by atoms with Crippen molar-refractivity contribution in [2.75, 3.05) is 13.2 Å². The molecular formula is C11H21NO4. The van der Waals surface area contributed by atoms with Gasteiger partial charge in [-0.1, -0.05) is 13.8 Å². The fraction of sp³-hybridized carbons (Fsp3) is 0.818. The third kappa shape index (κ3) is 7.23. The summed E-state index contributed by atoms with van der Waals surface area (Å²) in [6.07, 6.45) is 1.97. The van der Waals surface area contributed by atoms with Crippen LogP contribution in [0.25, 0.3) is 0 Å². The third-order valence-corrected chi connectivity index (χ3v) is 1.88. The molecule has 0 bridgehead atoms. The minimum atomic E-state index is -0.735. The zero-order valence-corrected chi connectivity index (χ0v) is 10.0. The van der Waals surface area contributed by atoms with Gasteiger partial charge in [-0.05, 0) is 19.3 Å². The molecule has 0 spiro atoms. The van der Waals surface area contributed by atoms with Crippen molar-refractivity contribution in [3.63, 3.8) is 0 Å². The van der Waals surface area contributed by atoms with Gasteiger partial charge < -0.3 is 15.2 Å². The Balaban J connectivity index is 3.66. The average Bonchev–Trinajstić information content (AvgIpc) is 2.30. The standard InChI is InChI=1S/C11H21NO4/c1-3-7-15-10(13)6-5-9(12)11(14)16-8-4-2/h9H,3-8,12H2,1-2H3. The van der Waals surface area contributed by atoms with Crippen LogP contribution in [0.2, 0.25) is 0 Å². The molecule has 0 aliphatic carbocycles. The molecule has 5 heteroatoms. The lowest BCUT2D eigenvalue weighted by Gasteiger charge is -2.10. The van der Waals surface area contributed by atoms with E-state index >= 15 is 0 Å². The molecule has 0 radical (unpaired) electrons. The first-order chi connectivity index (χ1) is 7.61. The van der Waals surface area contributed by atoms with Gasteiger partial charge in [-0.15, -0.1) is 0 Å². The quantitative estimate of drug-likeness (QED) is 0.630. The maximum absolute atomic E-state index is 11.2. The van der Waals surface area contributed by atoms with Crippen LogP contribution in [0.1, 0.15) is 39.5 Å². The topological polar surface area (TPSA) is 78.6 Å². The lowest BCUT2D eigenvalue weighted by atomic mass is 10.2. The Hall–Kier alpha value is -1.10. The minimum absolute atomic E-state index is 0.155. The van der Waals surface area contributed by atoms with Crippen molar-refractivity contribution >= 4 is 11.9 Å². The first-order valence-electron chi connectivity index (χ1n) is 5.69. The molecule has 0 aromatic carbocycles. The average molecular weight is 231 g/mol. The van der Waals surface area contributed by atoms with Crippen LogP contribution in [0.4, 0.5) is 0 Å². The van der Waals surface area contributed by atoms with E-state index in [1.165, 1.54) is 0 Å². The first kappa shape index (κ1) is 14.9. The lowest BCUT2D eigenvalue weighted by Crippen LogP contribution is -2.33. The molecule has 1 unspecified atom stereocenters. The highest BCUT2D eigenvalue weighted by Crippen LogP contribution is 2.00. The monoisotopic (exact) mass is 231 g/mol. The Labute approximate surface area is 96.3 Å². The Morgan fingerprint density at radius 3 is 2.25 bits per heavy atom. The molecule has 0 aromatic heterocycles. The summed E-state index contributed by atoms with van der Waals surface area (Å²) in [6, 6.07) is -0.735. The van der Waals surface area contributed by atoms with Crippen LogP contribution in [0.3, 0.4) is 0 Å². The van der Waals surface area contributed by atoms with Gasteiger partial charge in [0.2, 0.25) is 0 Å². The fourth-order valence-electron chi connectivity index (χ4n) is 0.989. The second-order valence-corrected chi connectivity index (χ2v) is 3.53. The van der Waals surface area contributed by atoms with Crippen LogP contribution >= 0.6 is 0 Å². The molecule has 0 amide bonds. The summed E-state index contributed by atoms with van der Waals surface area (Å²) in [5.74, 6) is -0.772. The van der Waals surface area contributed by atoms with E-state index in [1.54, 1.807) is 0 Å². The van der Waals surface area contributed by atoms with Crippen LogP contribution in [-0.4, -0.2) is 31.2 Å². The Kier molecular flexibility index (Phi) is 8.52. The molecule has 0 rings (SSSR count). The van der Waals surface area contributed by atoms with Gasteiger partial charge in [0.05, 0.1) is 13.2 Å². The van der Waals surface area contributed by atoms with Crippen molar-refractivity contribution in [1.82, 2.24) is 0 Å². The molecule has 0 heterocycles. The molecule has 94 valence electrons. The van der Waals surface area contributed by atoms with Crippen LogP contribution < -0.4 is 5.73 Å². The van der Waals surface area contributed by atoms with Crippen molar-refractivity contribution in [1.29, 1.82) is 0 Å². The summed E-state index contributed by atoms with van der Waals surface area (Å²) in [5.41, 5.74) is 5.55. The van der Waals surface area contributed by atoms with E-state index in [1.807, 2.05) is 13.8 Å². The van der Waals surface area contributed by atoms with E-state index in [-0.39, 0.29) is 18.8 Å². The Morgan fingerprint density at radius 1 is 1.12 bits per heavy atom. The summed E-state index contributed by atoms with van der Waals surface area (Å²) >= 11 is 0. The van der Waals surface area contributed by atoms with Crippen LogP contribution in [0, 0.1) is 0 Å². The van der Waals surface area contributed by atoms with Crippen molar-refractivity contribution in [2.24, 2.45) is 5.73 Å². The smallest absolute Gasteiger partial charge is 0.322 e. The minimum Gasteiger partial charge on any atom is -0.466 e. The molecule has 5 nitrogen and oxygen atoms in total. The van der Waals surface area contributed by atoms with Crippen LogP contribution in [-0.2, 0) is 19.1 Å². The van der Waals surface area contributed by atoms with E-state index in [0.717, 1.165) is 12.8 Å². The highest BCUT2D eigenvalue weighted by molar-refractivity contribution is 5.77. The summed E-state index contributed by atoms with van der Waals surface area (Å²) in [4.78, 5) is 22.3. The SMILES string of the molecule is CCCOC(=O)CCC(N)C(=O)OCCC. The normalized spacial score (nSPS) is 11.9. The number of esters is 2. The maximum Gasteiger partial charge on any atom is 0.322 e. The van der Waals surface area contributed by atoms with Gasteiger partial charge >= 0.3 is 11.9 Å². The van der Waals surface area contributed by atoms with E-state index in [2.05, 4.69) is 0 Å². The highest BCUT2D eigenvalue weighted by Gasteiger charge is 2.16. The van der Waals surface area contributed by atoms with E-state index < -0.39 is 12.0 Å². The molecule has 0 aliphatic rings. The van der Waals surface area contributed by atoms with Gasteiger partial charge in [0.1, 0.15) is 6.04 Å². The van der Waals surface area contributed by atoms with Crippen molar-refractivity contribution in [2.45, 2.75) is 45.6 Å². The van der Waals surface area contributed by atoms with E-state index in [4.69, 9.17) is 15.2 Å². The van der Waals surface area contributed by atoms with Crippen molar-refractivity contribution in [3.8, 4) is 0 Å². The number of hydrogen-bond donors (Lipinski definition) is 1. The highest BCUT2D eigenvalue weighted by atomic mass is 16.5. The second kappa shape index (κ2) is 9.15. The number of carbonyl (C=O) groups is 2. The van der Waals surface area contributed by atoms with Crippen molar-refractivity contribution < 1.29 is 19.1 Å². The molecule has 0 fully saturated rings. The van der Waals surface area contributed by atoms with Crippen LogP contribution in [0.15, 0.2) is 0 Å². The zero-order valence-electron chi connectivity index (χ0n) is 10.0. The number of hydrogen-bond acceptors (Lipinski definition) is 5. The Bertz CT molecular complexity index is 218. The predicted molar refractivity (Wildman–Crippen MR) is 59.7 cm³/mol. The van der Waals surface area contributed by atoms with Gasteiger partial charge in [-0.2, -0.15) is 0 Å². The van der Waals surface area contributed by atoms with Gasteiger partial charge in [0.25, 0.3) is 0 Å². The summed E-state index contributed by atoms with van der Waals surface area (Å²) in [5, 5.41) is 0. The molecule has 1 atom stereocenters. The number of nitrogens with two attached hydrogens (primary N) is 1. The first-order valence-corrected chi connectivity index (χ1v) is 5.69. The molecule has 0 aliphatic heterocycles. The molecule has 0 saturated carbocycles. The molecule has 0 saturated heterocycles. The molecule has 0 aromatic rings.